The number of aromatic nitrogens is 1. The molecule has 6 nitrogen and oxygen atoms in total. The molecule has 24 heavy (non-hydrogen) atoms. The first-order valence-electron chi connectivity index (χ1n) is 8.18. The maximum Gasteiger partial charge on any atom is 0.189 e. The van der Waals surface area contributed by atoms with Crippen LogP contribution in [-0.4, -0.2) is 49.0 Å². The van der Waals surface area contributed by atoms with Gasteiger partial charge in [-0.25, -0.2) is 4.39 Å². The second-order valence-corrected chi connectivity index (χ2v) is 6.91. The van der Waals surface area contributed by atoms with E-state index in [4.69, 9.17) is 4.74 Å². The lowest BCUT2D eigenvalue weighted by Gasteiger charge is -2.46. The van der Waals surface area contributed by atoms with Crippen molar-refractivity contribution in [2.24, 2.45) is 0 Å². The van der Waals surface area contributed by atoms with Crippen molar-refractivity contribution >= 4 is 16.6 Å². The maximum atomic E-state index is 14.8. The molecule has 0 N–H and O–H groups in total. The number of nitrogens with zero attached hydrogens (tertiary/aromatic N) is 3. The van der Waals surface area contributed by atoms with Gasteiger partial charge in [-0.05, 0) is 13.0 Å². The third-order valence-corrected chi connectivity index (χ3v) is 5.04. The SMILES string of the molecule is CC1COc2c(N3CC[N+](C)([O-])CC3)c(F)cc3c(=O)ccn1c23. The molecule has 4 rings (SSSR count). The molecule has 0 bridgehead atoms. The lowest BCUT2D eigenvalue weighted by molar-refractivity contribution is -0.861. The molecule has 1 atom stereocenters. The summed E-state index contributed by atoms with van der Waals surface area (Å²) in [6.07, 6.45) is 1.74. The van der Waals surface area contributed by atoms with Crippen LogP contribution in [0.5, 0.6) is 5.75 Å². The Bertz CT molecular complexity index is 867. The summed E-state index contributed by atoms with van der Waals surface area (Å²) in [6.45, 7) is 4.14. The monoisotopic (exact) mass is 333 g/mol. The minimum Gasteiger partial charge on any atom is -0.633 e. The average Bonchev–Trinajstić information content (AvgIpc) is 2.53. The van der Waals surface area contributed by atoms with E-state index in [1.54, 1.807) is 13.2 Å². The van der Waals surface area contributed by atoms with Crippen molar-refractivity contribution in [3.8, 4) is 5.75 Å². The van der Waals surface area contributed by atoms with Crippen LogP contribution in [0.4, 0.5) is 10.1 Å². The van der Waals surface area contributed by atoms with Crippen molar-refractivity contribution in [1.82, 2.24) is 4.57 Å². The van der Waals surface area contributed by atoms with Crippen LogP contribution in [0.2, 0.25) is 0 Å². The second kappa shape index (κ2) is 5.19. The molecule has 1 fully saturated rings. The fourth-order valence-corrected chi connectivity index (χ4v) is 3.56. The number of quaternary nitrogens is 1. The minimum absolute atomic E-state index is 0.0712. The highest BCUT2D eigenvalue weighted by Gasteiger charge is 2.31. The van der Waals surface area contributed by atoms with Crippen molar-refractivity contribution in [3.05, 3.63) is 39.6 Å². The van der Waals surface area contributed by atoms with Crippen LogP contribution in [0.3, 0.4) is 0 Å². The first-order chi connectivity index (χ1) is 11.4. The Kier molecular flexibility index (Phi) is 3.33. The number of likely N-dealkylation sites (N-methyl/N-ethyl adjacent to an activating group) is 1. The smallest absolute Gasteiger partial charge is 0.189 e. The fraction of sp³-hybridized carbons (Fsp3) is 0.471. The molecule has 1 aromatic carbocycles. The number of anilines is 1. The number of piperazine rings is 1. The Balaban J connectivity index is 1.92. The molecule has 2 aromatic rings. The molecule has 2 aliphatic rings. The standard InChI is InChI=1S/C17H20FN3O3/c1-11-10-24-17-15-12(14(22)3-4-20(11)15)9-13(18)16(17)19-5-7-21(2,23)8-6-19/h3-4,9,11H,5-8,10H2,1-2H3. The van der Waals surface area contributed by atoms with Gasteiger partial charge >= 0.3 is 0 Å². The molecule has 0 aliphatic carbocycles. The van der Waals surface area contributed by atoms with E-state index in [2.05, 4.69) is 0 Å². The highest BCUT2D eigenvalue weighted by molar-refractivity contribution is 5.91. The van der Waals surface area contributed by atoms with Gasteiger partial charge in [0, 0.05) is 12.3 Å². The van der Waals surface area contributed by atoms with Gasteiger partial charge in [0.05, 0.1) is 50.2 Å². The Morgan fingerprint density at radius 3 is 2.79 bits per heavy atom. The van der Waals surface area contributed by atoms with Crippen LogP contribution in [0.15, 0.2) is 23.1 Å². The number of hydrogen-bond donors (Lipinski definition) is 0. The van der Waals surface area contributed by atoms with Gasteiger partial charge in [-0.1, -0.05) is 0 Å². The quantitative estimate of drug-likeness (QED) is 0.590. The van der Waals surface area contributed by atoms with Crippen molar-refractivity contribution in [2.75, 3.05) is 44.7 Å². The molecule has 0 radical (unpaired) electrons. The van der Waals surface area contributed by atoms with Crippen LogP contribution >= 0.6 is 0 Å². The Hall–Kier alpha value is -2.12. The number of ether oxygens (including phenoxy) is 1. The number of benzene rings is 1. The summed E-state index contributed by atoms with van der Waals surface area (Å²) in [5.74, 6) is -0.0493. The number of hydroxylamine groups is 3. The summed E-state index contributed by atoms with van der Waals surface area (Å²) in [6, 6.07) is 2.84. The lowest BCUT2D eigenvalue weighted by atomic mass is 10.1. The summed E-state index contributed by atoms with van der Waals surface area (Å²) < 4.78 is 22.3. The summed E-state index contributed by atoms with van der Waals surface area (Å²) in [5.41, 5.74) is 0.796. The molecule has 2 aliphatic heterocycles. The second-order valence-electron chi connectivity index (χ2n) is 6.91. The summed E-state index contributed by atoms with van der Waals surface area (Å²) >= 11 is 0. The summed E-state index contributed by atoms with van der Waals surface area (Å²) in [4.78, 5) is 14.0. The molecule has 0 saturated carbocycles. The molecule has 3 heterocycles. The van der Waals surface area contributed by atoms with Crippen LogP contribution in [0.25, 0.3) is 10.9 Å². The van der Waals surface area contributed by atoms with E-state index in [0.29, 0.717) is 55.1 Å². The highest BCUT2D eigenvalue weighted by atomic mass is 19.1. The maximum absolute atomic E-state index is 14.8. The fourth-order valence-electron chi connectivity index (χ4n) is 3.56. The van der Waals surface area contributed by atoms with Crippen LogP contribution in [0.1, 0.15) is 13.0 Å². The lowest BCUT2D eigenvalue weighted by Crippen LogP contribution is -2.54. The van der Waals surface area contributed by atoms with Crippen LogP contribution in [-0.2, 0) is 0 Å². The van der Waals surface area contributed by atoms with Crippen molar-refractivity contribution < 1.29 is 13.8 Å². The van der Waals surface area contributed by atoms with E-state index in [-0.39, 0.29) is 16.1 Å². The predicted octanol–water partition coefficient (Wildman–Crippen LogP) is 1.86. The van der Waals surface area contributed by atoms with Gasteiger partial charge in [-0.2, -0.15) is 0 Å². The third kappa shape index (κ3) is 2.27. The Labute approximate surface area is 138 Å². The number of halogens is 1. The zero-order chi connectivity index (χ0) is 17.1. The van der Waals surface area contributed by atoms with E-state index in [9.17, 15) is 14.4 Å². The van der Waals surface area contributed by atoms with E-state index < -0.39 is 5.82 Å². The van der Waals surface area contributed by atoms with Crippen LogP contribution < -0.4 is 15.1 Å². The van der Waals surface area contributed by atoms with E-state index in [1.807, 2.05) is 16.4 Å². The number of rotatable bonds is 1. The zero-order valence-electron chi connectivity index (χ0n) is 13.8. The van der Waals surface area contributed by atoms with Gasteiger partial charge in [0.15, 0.2) is 17.0 Å². The van der Waals surface area contributed by atoms with E-state index >= 15 is 0 Å². The van der Waals surface area contributed by atoms with E-state index in [0.717, 1.165) is 0 Å². The Morgan fingerprint density at radius 2 is 2.08 bits per heavy atom. The van der Waals surface area contributed by atoms with Gasteiger partial charge in [-0.3, -0.25) is 4.79 Å². The molecule has 1 aromatic heterocycles. The number of hydrogen-bond acceptors (Lipinski definition) is 4. The summed E-state index contributed by atoms with van der Waals surface area (Å²) in [7, 11) is 1.63. The van der Waals surface area contributed by atoms with Gasteiger partial charge in [0.1, 0.15) is 12.3 Å². The normalized spacial score (nSPS) is 22.5. The van der Waals surface area contributed by atoms with Crippen molar-refractivity contribution in [1.29, 1.82) is 0 Å². The summed E-state index contributed by atoms with van der Waals surface area (Å²) in [5, 5.41) is 12.4. The molecule has 7 heteroatoms. The van der Waals surface area contributed by atoms with Gasteiger partial charge in [0.25, 0.3) is 0 Å². The molecule has 128 valence electrons. The predicted molar refractivity (Wildman–Crippen MR) is 89.9 cm³/mol. The van der Waals surface area contributed by atoms with Crippen molar-refractivity contribution in [3.63, 3.8) is 0 Å². The van der Waals surface area contributed by atoms with Gasteiger partial charge < -0.3 is 24.1 Å². The molecular weight excluding hydrogens is 313 g/mol. The minimum atomic E-state index is -0.469. The Morgan fingerprint density at radius 1 is 1.38 bits per heavy atom. The molecule has 1 saturated heterocycles. The van der Waals surface area contributed by atoms with E-state index in [1.165, 1.54) is 12.1 Å². The van der Waals surface area contributed by atoms with Crippen molar-refractivity contribution in [2.45, 2.75) is 13.0 Å². The highest BCUT2D eigenvalue weighted by Crippen LogP contribution is 2.41. The average molecular weight is 333 g/mol. The topological polar surface area (TPSA) is 57.5 Å². The third-order valence-electron chi connectivity index (χ3n) is 5.04. The molecule has 0 spiro atoms. The molecule has 1 unspecified atom stereocenters. The van der Waals surface area contributed by atoms with Gasteiger partial charge in [0.2, 0.25) is 0 Å². The first-order valence-corrected chi connectivity index (χ1v) is 8.18. The molecule has 0 amide bonds. The number of pyridine rings is 1. The molecular formula is C17H20FN3O3. The van der Waals surface area contributed by atoms with Crippen LogP contribution in [0, 0.1) is 11.0 Å². The largest absolute Gasteiger partial charge is 0.633 e. The first kappa shape index (κ1) is 15.4. The zero-order valence-corrected chi connectivity index (χ0v) is 13.8. The van der Waals surface area contributed by atoms with Gasteiger partial charge in [-0.15, -0.1) is 0 Å².